The number of rotatable bonds is 6. The van der Waals surface area contributed by atoms with E-state index in [0.29, 0.717) is 18.1 Å². The van der Waals surface area contributed by atoms with Crippen LogP contribution < -0.4 is 0 Å². The Labute approximate surface area is 159 Å². The van der Waals surface area contributed by atoms with Gasteiger partial charge >= 0.3 is 0 Å². The van der Waals surface area contributed by atoms with Gasteiger partial charge in [-0.25, -0.2) is 0 Å². The molecule has 142 valence electrons. The summed E-state index contributed by atoms with van der Waals surface area (Å²) in [6.07, 6.45) is 4.27. The highest BCUT2D eigenvalue weighted by Crippen LogP contribution is 2.40. The lowest BCUT2D eigenvalue weighted by Gasteiger charge is -2.51. The molecule has 26 heavy (non-hydrogen) atoms. The van der Waals surface area contributed by atoms with Gasteiger partial charge in [0.05, 0.1) is 25.6 Å². The average Bonchev–Trinajstić information content (AvgIpc) is 2.63. The largest absolute Gasteiger partial charge is 0.395 e. The van der Waals surface area contributed by atoms with Crippen LogP contribution in [0.3, 0.4) is 0 Å². The number of likely N-dealkylation sites (tertiary alicyclic amines) is 1. The number of benzene rings is 1. The maximum Gasteiger partial charge on any atom is 0.253 e. The van der Waals surface area contributed by atoms with Crippen molar-refractivity contribution in [3.05, 3.63) is 35.9 Å². The number of carbonyl (C=O) groups excluding carboxylic acids is 1. The molecule has 0 aliphatic carbocycles. The number of aliphatic hydroxyl groups is 1. The lowest BCUT2D eigenvalue weighted by atomic mass is 10.0. The van der Waals surface area contributed by atoms with Crippen LogP contribution in [-0.4, -0.2) is 102 Å². The molecule has 1 aromatic rings. The van der Waals surface area contributed by atoms with Crippen molar-refractivity contribution in [3.63, 3.8) is 0 Å². The molecule has 2 saturated heterocycles. The maximum atomic E-state index is 12.7. The molecule has 1 amide bonds. The summed E-state index contributed by atoms with van der Waals surface area (Å²) in [5.74, 6) is 0.0693. The van der Waals surface area contributed by atoms with Crippen molar-refractivity contribution >= 4 is 28.3 Å². The summed E-state index contributed by atoms with van der Waals surface area (Å²) in [5, 5.41) is 9.91. The molecular weight excluding hydrogens is 364 g/mol. The van der Waals surface area contributed by atoms with Crippen LogP contribution >= 0.6 is 16.1 Å². The molecule has 0 saturated carbocycles. The van der Waals surface area contributed by atoms with Crippen LogP contribution in [0.15, 0.2) is 30.3 Å². The van der Waals surface area contributed by atoms with E-state index in [1.807, 2.05) is 35.2 Å². The van der Waals surface area contributed by atoms with Gasteiger partial charge in [0.15, 0.2) is 5.52 Å². The van der Waals surface area contributed by atoms with Gasteiger partial charge in [0.2, 0.25) is 0 Å². The van der Waals surface area contributed by atoms with Gasteiger partial charge < -0.3 is 10.0 Å². The molecule has 0 aromatic heterocycles. The van der Waals surface area contributed by atoms with Gasteiger partial charge in [-0.15, -0.1) is 0 Å². The number of hydrogen-bond donors (Lipinski definition) is 1. The Kier molecular flexibility index (Phi) is 6.82. The second-order valence-corrected chi connectivity index (χ2v) is 10.8. The number of piperazine rings is 1. The van der Waals surface area contributed by atoms with E-state index in [1.165, 1.54) is 0 Å². The monoisotopic (exact) mass is 394 g/mol. The molecular formula is C19H30N3O2P2+. The van der Waals surface area contributed by atoms with E-state index in [1.54, 1.807) is 0 Å². The van der Waals surface area contributed by atoms with E-state index < -0.39 is 0 Å². The second kappa shape index (κ2) is 8.91. The lowest BCUT2D eigenvalue weighted by molar-refractivity contribution is -0.0359. The van der Waals surface area contributed by atoms with E-state index in [2.05, 4.69) is 29.4 Å². The molecule has 0 spiro atoms. The standard InChI is InChI=1S/C19H30N3O2P2/c1-25-19(26(2)3)21-11-16(12-21)22-10-9-20(13-17(22)14-23)18(24)15-7-5-4-6-8-15/h4-8,16-17,19,23,25H,2,9-14H2,1,3H3/q+1. The minimum Gasteiger partial charge on any atom is -0.395 e. The van der Waals surface area contributed by atoms with Crippen LogP contribution in [0, 0.1) is 0 Å². The quantitative estimate of drug-likeness (QED) is 0.745. The SMILES string of the molecule is C=[P+](C)C(PC)N1CC(N2CCN(C(=O)c3ccccc3)CC2CO)C1. The summed E-state index contributed by atoms with van der Waals surface area (Å²) in [5.41, 5.74) is 1.36. The minimum atomic E-state index is -0.183. The van der Waals surface area contributed by atoms with Crippen LogP contribution in [0.25, 0.3) is 0 Å². The Morgan fingerprint density at radius 3 is 2.58 bits per heavy atom. The number of amides is 1. The van der Waals surface area contributed by atoms with E-state index in [4.69, 9.17) is 0 Å². The molecule has 4 atom stereocenters. The summed E-state index contributed by atoms with van der Waals surface area (Å²) in [4.78, 5) is 19.6. The predicted octanol–water partition coefficient (Wildman–Crippen LogP) is 1.63. The Morgan fingerprint density at radius 1 is 1.31 bits per heavy atom. The molecule has 2 aliphatic rings. The van der Waals surface area contributed by atoms with Crippen LogP contribution in [-0.2, 0) is 0 Å². The predicted molar refractivity (Wildman–Crippen MR) is 113 cm³/mol. The van der Waals surface area contributed by atoms with Gasteiger partial charge in [0.25, 0.3) is 5.91 Å². The van der Waals surface area contributed by atoms with Crippen LogP contribution in [0.1, 0.15) is 10.4 Å². The summed E-state index contributed by atoms with van der Waals surface area (Å²) in [6, 6.07) is 9.97. The number of nitrogens with zero attached hydrogens (tertiary/aromatic N) is 3. The van der Waals surface area contributed by atoms with Crippen LogP contribution in [0.5, 0.6) is 0 Å². The van der Waals surface area contributed by atoms with E-state index in [-0.39, 0.29) is 26.1 Å². The fourth-order valence-electron chi connectivity index (χ4n) is 4.04. The van der Waals surface area contributed by atoms with Gasteiger partial charge in [0.1, 0.15) is 7.55 Å². The highest BCUT2D eigenvalue weighted by molar-refractivity contribution is 7.66. The maximum absolute atomic E-state index is 12.7. The zero-order chi connectivity index (χ0) is 18.7. The third-order valence-corrected chi connectivity index (χ3v) is 9.57. The van der Waals surface area contributed by atoms with Crippen molar-refractivity contribution in [3.8, 4) is 0 Å². The molecule has 2 heterocycles. The lowest BCUT2D eigenvalue weighted by Crippen LogP contribution is -2.68. The molecule has 4 unspecified atom stereocenters. The van der Waals surface area contributed by atoms with Crippen LogP contribution in [0.2, 0.25) is 0 Å². The van der Waals surface area contributed by atoms with Gasteiger partial charge in [-0.1, -0.05) is 26.8 Å². The molecule has 2 fully saturated rings. The highest BCUT2D eigenvalue weighted by Gasteiger charge is 2.42. The third-order valence-electron chi connectivity index (χ3n) is 5.43. The van der Waals surface area contributed by atoms with Gasteiger partial charge in [-0.3, -0.25) is 14.6 Å². The molecule has 1 N–H and O–H groups in total. The topological polar surface area (TPSA) is 47.0 Å². The van der Waals surface area contributed by atoms with Gasteiger partial charge in [-0.05, 0) is 18.8 Å². The Bertz CT molecular complexity index is 637. The summed E-state index contributed by atoms with van der Waals surface area (Å²) in [6.45, 7) is 8.94. The van der Waals surface area contributed by atoms with Crippen molar-refractivity contribution in [1.82, 2.24) is 14.7 Å². The zero-order valence-corrected chi connectivity index (χ0v) is 17.6. The number of carbonyl (C=O) groups is 1. The average molecular weight is 394 g/mol. The minimum absolute atomic E-state index is 0.0361. The van der Waals surface area contributed by atoms with E-state index in [9.17, 15) is 9.90 Å². The number of hydrogen-bond acceptors (Lipinski definition) is 4. The smallest absolute Gasteiger partial charge is 0.253 e. The van der Waals surface area contributed by atoms with E-state index in [0.717, 1.165) is 40.3 Å². The fraction of sp³-hybridized carbons (Fsp3) is 0.579. The van der Waals surface area contributed by atoms with Crippen molar-refractivity contribution < 1.29 is 9.90 Å². The molecule has 0 bridgehead atoms. The molecule has 7 heteroatoms. The normalized spacial score (nSPS) is 24.7. The summed E-state index contributed by atoms with van der Waals surface area (Å²) in [7, 11) is 0.725. The Hall–Kier alpha value is -0.830. The van der Waals surface area contributed by atoms with E-state index >= 15 is 0 Å². The summed E-state index contributed by atoms with van der Waals surface area (Å²) >= 11 is 0. The Morgan fingerprint density at radius 2 is 2.00 bits per heavy atom. The summed E-state index contributed by atoms with van der Waals surface area (Å²) < 4.78 is 0. The first kappa shape index (κ1) is 19.9. The Balaban J connectivity index is 1.58. The molecule has 1 aromatic carbocycles. The van der Waals surface area contributed by atoms with Crippen molar-refractivity contribution in [2.45, 2.75) is 17.6 Å². The van der Waals surface area contributed by atoms with Gasteiger partial charge in [0, 0.05) is 44.3 Å². The van der Waals surface area contributed by atoms with Crippen LogP contribution in [0.4, 0.5) is 0 Å². The first-order valence-corrected chi connectivity index (χ1v) is 12.8. The zero-order valence-electron chi connectivity index (χ0n) is 15.7. The molecule has 2 aliphatic heterocycles. The highest BCUT2D eigenvalue weighted by atomic mass is 31.1. The van der Waals surface area contributed by atoms with Crippen molar-refractivity contribution in [1.29, 1.82) is 0 Å². The third kappa shape index (κ3) is 4.18. The van der Waals surface area contributed by atoms with Crippen molar-refractivity contribution in [2.75, 3.05) is 52.7 Å². The molecule has 5 nitrogen and oxygen atoms in total. The molecule has 0 radical (unpaired) electrons. The van der Waals surface area contributed by atoms with Gasteiger partial charge in [-0.2, -0.15) is 0 Å². The second-order valence-electron chi connectivity index (χ2n) is 7.22. The number of aliphatic hydroxyl groups excluding tert-OH is 1. The fourth-order valence-corrected chi connectivity index (χ4v) is 7.12. The first-order chi connectivity index (χ1) is 12.5. The van der Waals surface area contributed by atoms with Crippen molar-refractivity contribution in [2.24, 2.45) is 0 Å². The molecule has 3 rings (SSSR count). The first-order valence-electron chi connectivity index (χ1n) is 9.20.